The van der Waals surface area contributed by atoms with Crippen molar-refractivity contribution in [3.05, 3.63) is 70.8 Å². The fraction of sp³-hybridized carbons (Fsp3) is 0.333. The van der Waals surface area contributed by atoms with Crippen molar-refractivity contribution < 1.29 is 4.74 Å². The van der Waals surface area contributed by atoms with Crippen molar-refractivity contribution in [2.24, 2.45) is 0 Å². The molecule has 1 fully saturated rings. The molecule has 4 rings (SSSR count). The topological polar surface area (TPSA) is 12.5 Å². The number of rotatable bonds is 2. The van der Waals surface area contributed by atoms with Crippen LogP contribution in [0.1, 0.15) is 47.6 Å². The highest BCUT2D eigenvalue weighted by Crippen LogP contribution is 2.39. The molecule has 0 amide bonds. The molecule has 2 aromatic rings. The molecule has 0 radical (unpaired) electrons. The Morgan fingerprint density at radius 1 is 0.870 bits per heavy atom. The van der Waals surface area contributed by atoms with Crippen molar-refractivity contribution in [2.75, 3.05) is 20.2 Å². The zero-order valence-corrected chi connectivity index (χ0v) is 13.7. The summed E-state index contributed by atoms with van der Waals surface area (Å²) >= 11 is 0. The lowest BCUT2D eigenvalue weighted by Crippen LogP contribution is -2.28. The van der Waals surface area contributed by atoms with Crippen LogP contribution < -0.4 is 0 Å². The van der Waals surface area contributed by atoms with E-state index in [1.165, 1.54) is 47.2 Å². The lowest BCUT2D eigenvalue weighted by atomic mass is 9.96. The Morgan fingerprint density at radius 2 is 1.57 bits per heavy atom. The third-order valence-corrected chi connectivity index (χ3v) is 5.02. The fourth-order valence-corrected chi connectivity index (χ4v) is 3.88. The number of likely N-dealkylation sites (tertiary alicyclic amines) is 1. The number of hydrogen-bond donors (Lipinski definition) is 0. The van der Waals surface area contributed by atoms with Crippen LogP contribution in [0, 0.1) is 0 Å². The molecule has 0 aromatic heterocycles. The highest BCUT2D eigenvalue weighted by atomic mass is 16.5. The summed E-state index contributed by atoms with van der Waals surface area (Å²) in [5.74, 6) is 0. The van der Waals surface area contributed by atoms with Crippen LogP contribution in [0.5, 0.6) is 0 Å². The summed E-state index contributed by atoms with van der Waals surface area (Å²) in [4.78, 5) is 2.55. The summed E-state index contributed by atoms with van der Waals surface area (Å²) in [6, 6.07) is 17.3. The van der Waals surface area contributed by atoms with Crippen molar-refractivity contribution in [3.63, 3.8) is 0 Å². The smallest absolute Gasteiger partial charge is 0.108 e. The first-order chi connectivity index (χ1) is 11.4. The fourth-order valence-electron chi connectivity index (χ4n) is 3.88. The van der Waals surface area contributed by atoms with Crippen molar-refractivity contribution in [3.8, 4) is 0 Å². The largest absolute Gasteiger partial charge is 0.372 e. The maximum Gasteiger partial charge on any atom is 0.108 e. The summed E-state index contributed by atoms with van der Waals surface area (Å²) < 4.78 is 5.91. The summed E-state index contributed by atoms with van der Waals surface area (Å²) in [5, 5.41) is 0. The molecule has 1 aliphatic carbocycles. The Bertz CT molecular complexity index is 728. The van der Waals surface area contributed by atoms with E-state index in [1.54, 1.807) is 0 Å². The molecule has 1 heterocycles. The lowest BCUT2D eigenvalue weighted by molar-refractivity contribution is 0.136. The van der Waals surface area contributed by atoms with Gasteiger partial charge >= 0.3 is 0 Å². The van der Waals surface area contributed by atoms with Gasteiger partial charge in [0.05, 0.1) is 0 Å². The van der Waals surface area contributed by atoms with Crippen LogP contribution in [0.4, 0.5) is 0 Å². The van der Waals surface area contributed by atoms with E-state index in [4.69, 9.17) is 4.74 Å². The minimum Gasteiger partial charge on any atom is -0.372 e. The van der Waals surface area contributed by atoms with Gasteiger partial charge in [-0.05, 0) is 42.0 Å². The van der Waals surface area contributed by atoms with Gasteiger partial charge in [0.25, 0.3) is 0 Å². The first-order valence-electron chi connectivity index (χ1n) is 8.56. The van der Waals surface area contributed by atoms with Crippen molar-refractivity contribution in [2.45, 2.75) is 25.4 Å². The molecule has 1 saturated heterocycles. The Hall–Kier alpha value is -2.06. The van der Waals surface area contributed by atoms with E-state index in [9.17, 15) is 0 Å². The van der Waals surface area contributed by atoms with Gasteiger partial charge in [-0.3, -0.25) is 0 Å². The highest BCUT2D eigenvalue weighted by Gasteiger charge is 2.26. The minimum atomic E-state index is 0.000871. The third kappa shape index (κ3) is 2.57. The van der Waals surface area contributed by atoms with Gasteiger partial charge in [-0.1, -0.05) is 48.5 Å². The molecule has 1 atom stereocenters. The molecule has 1 aliphatic heterocycles. The minimum absolute atomic E-state index is 0.000871. The maximum absolute atomic E-state index is 5.91. The van der Waals surface area contributed by atoms with Gasteiger partial charge in [-0.2, -0.15) is 0 Å². The predicted molar refractivity (Wildman–Crippen MR) is 95.0 cm³/mol. The monoisotopic (exact) mass is 305 g/mol. The van der Waals surface area contributed by atoms with Gasteiger partial charge in [-0.25, -0.2) is 0 Å². The van der Waals surface area contributed by atoms with E-state index >= 15 is 0 Å². The van der Waals surface area contributed by atoms with E-state index in [0.717, 1.165) is 13.1 Å². The predicted octanol–water partition coefficient (Wildman–Crippen LogP) is 4.72. The van der Waals surface area contributed by atoms with E-state index in [1.807, 2.05) is 7.11 Å². The number of nitrogens with zero attached hydrogens (tertiary/aromatic N) is 1. The van der Waals surface area contributed by atoms with Crippen LogP contribution in [0.15, 0.2) is 48.5 Å². The maximum atomic E-state index is 5.91. The molecule has 0 bridgehead atoms. The second-order valence-electron chi connectivity index (χ2n) is 6.41. The summed E-state index contributed by atoms with van der Waals surface area (Å²) in [6.07, 6.45) is 6.28. The quantitative estimate of drug-likeness (QED) is 0.796. The Morgan fingerprint density at radius 3 is 2.35 bits per heavy atom. The average Bonchev–Trinajstić information content (AvgIpc) is 2.76. The standard InChI is InChI=1S/C21H23NO/c1-23-21-17-10-4-3-9-16(17)15-20(22-13-7-2-8-14-22)18-11-5-6-12-19(18)21/h3-6,9-12,15,21H,2,7-8,13-14H2,1H3. The molecule has 23 heavy (non-hydrogen) atoms. The highest BCUT2D eigenvalue weighted by molar-refractivity contribution is 5.85. The van der Waals surface area contributed by atoms with Gasteiger partial charge in [0, 0.05) is 31.5 Å². The Balaban J connectivity index is 1.92. The lowest BCUT2D eigenvalue weighted by Gasteiger charge is -2.32. The molecule has 2 heteroatoms. The molecule has 2 aliphatic rings. The van der Waals surface area contributed by atoms with Gasteiger partial charge < -0.3 is 9.64 Å². The van der Waals surface area contributed by atoms with Crippen LogP contribution >= 0.6 is 0 Å². The van der Waals surface area contributed by atoms with E-state index in [0.29, 0.717) is 0 Å². The summed E-state index contributed by atoms with van der Waals surface area (Å²) in [5.41, 5.74) is 6.48. The number of fused-ring (bicyclic) bond motifs is 2. The Labute approximate surface area is 138 Å². The first kappa shape index (κ1) is 14.5. The molecule has 2 aromatic carbocycles. The number of ether oxygens (including phenoxy) is 1. The molecule has 1 unspecified atom stereocenters. The van der Waals surface area contributed by atoms with E-state index in [2.05, 4.69) is 59.5 Å². The number of hydrogen-bond acceptors (Lipinski definition) is 2. The van der Waals surface area contributed by atoms with E-state index < -0.39 is 0 Å². The van der Waals surface area contributed by atoms with Gasteiger partial charge in [-0.15, -0.1) is 0 Å². The van der Waals surface area contributed by atoms with Crippen LogP contribution in [0.3, 0.4) is 0 Å². The molecule has 118 valence electrons. The van der Waals surface area contributed by atoms with Gasteiger partial charge in [0.1, 0.15) is 6.10 Å². The SMILES string of the molecule is COC1c2ccccc2C=C(N2CCCCC2)c2ccccc21. The van der Waals surface area contributed by atoms with E-state index in [-0.39, 0.29) is 6.10 Å². The second kappa shape index (κ2) is 6.21. The molecular weight excluding hydrogens is 282 g/mol. The van der Waals surface area contributed by atoms with Crippen LogP contribution in [-0.2, 0) is 4.74 Å². The van der Waals surface area contributed by atoms with Crippen molar-refractivity contribution in [1.82, 2.24) is 4.90 Å². The van der Waals surface area contributed by atoms with Crippen LogP contribution in [-0.4, -0.2) is 25.1 Å². The number of benzene rings is 2. The van der Waals surface area contributed by atoms with Gasteiger partial charge in [0.15, 0.2) is 0 Å². The molecule has 0 spiro atoms. The van der Waals surface area contributed by atoms with Crippen LogP contribution in [0.25, 0.3) is 11.8 Å². The second-order valence-corrected chi connectivity index (χ2v) is 6.41. The zero-order chi connectivity index (χ0) is 15.6. The normalized spacial score (nSPS) is 20.3. The molecule has 0 N–H and O–H groups in total. The Kier molecular flexibility index (Phi) is 3.92. The summed E-state index contributed by atoms with van der Waals surface area (Å²) in [7, 11) is 1.81. The molecule has 2 nitrogen and oxygen atoms in total. The molecular formula is C21H23NO. The summed E-state index contributed by atoms with van der Waals surface area (Å²) in [6.45, 7) is 2.31. The molecule has 0 saturated carbocycles. The number of methoxy groups -OCH3 is 1. The number of piperidine rings is 1. The van der Waals surface area contributed by atoms with Crippen molar-refractivity contribution >= 4 is 11.8 Å². The van der Waals surface area contributed by atoms with Crippen LogP contribution in [0.2, 0.25) is 0 Å². The average molecular weight is 305 g/mol. The third-order valence-electron chi connectivity index (χ3n) is 5.02. The van der Waals surface area contributed by atoms with Gasteiger partial charge in [0.2, 0.25) is 0 Å². The zero-order valence-electron chi connectivity index (χ0n) is 13.7. The van der Waals surface area contributed by atoms with Crippen molar-refractivity contribution in [1.29, 1.82) is 0 Å². The first-order valence-corrected chi connectivity index (χ1v) is 8.56.